The Morgan fingerprint density at radius 3 is 2.17 bits per heavy atom. The van der Waals surface area contributed by atoms with Crippen molar-refractivity contribution < 1.29 is 18.0 Å². The fourth-order valence-corrected chi connectivity index (χ4v) is 5.53. The van der Waals surface area contributed by atoms with Gasteiger partial charge < -0.3 is 10.2 Å². The van der Waals surface area contributed by atoms with Crippen molar-refractivity contribution in [3.63, 3.8) is 0 Å². The van der Waals surface area contributed by atoms with Gasteiger partial charge in [0, 0.05) is 29.6 Å². The number of carbonyl (C=O) groups excluding carboxylic acids is 2. The molecule has 2 amide bonds. The Kier molecular flexibility index (Phi) is 11.7. The minimum Gasteiger partial charge on any atom is -0.354 e. The number of hydrogen-bond acceptors (Lipinski definition) is 4. The first-order chi connectivity index (χ1) is 19.0. The molecule has 214 valence electrons. The number of nitrogens with zero attached hydrogens (tertiary/aromatic N) is 2. The van der Waals surface area contributed by atoms with Crippen molar-refractivity contribution in [2.75, 3.05) is 23.7 Å². The second-order valence-corrected chi connectivity index (χ2v) is 12.6. The van der Waals surface area contributed by atoms with Gasteiger partial charge in [-0.25, -0.2) is 8.42 Å². The summed E-state index contributed by atoms with van der Waals surface area (Å²) in [6.07, 6.45) is 2.89. The number of benzene rings is 3. The van der Waals surface area contributed by atoms with Crippen LogP contribution in [-0.2, 0) is 32.6 Å². The van der Waals surface area contributed by atoms with Gasteiger partial charge >= 0.3 is 0 Å². The van der Waals surface area contributed by atoms with Gasteiger partial charge in [0.05, 0.1) is 17.0 Å². The molecule has 0 spiro atoms. The summed E-state index contributed by atoms with van der Waals surface area (Å²) in [4.78, 5) is 29.0. The first-order valence-electron chi connectivity index (χ1n) is 12.8. The van der Waals surface area contributed by atoms with Crippen molar-refractivity contribution >= 4 is 62.3 Å². The third kappa shape index (κ3) is 9.13. The fourth-order valence-electron chi connectivity index (χ4n) is 4.12. The number of amides is 2. The quantitative estimate of drug-likeness (QED) is 0.238. The van der Waals surface area contributed by atoms with Gasteiger partial charge in [-0.1, -0.05) is 90.6 Å². The largest absolute Gasteiger partial charge is 0.354 e. The lowest BCUT2D eigenvalue weighted by Crippen LogP contribution is -2.53. The van der Waals surface area contributed by atoms with Gasteiger partial charge in [-0.15, -0.1) is 0 Å². The van der Waals surface area contributed by atoms with E-state index in [4.69, 9.17) is 34.8 Å². The number of nitrogens with one attached hydrogen (secondary N) is 1. The first kappa shape index (κ1) is 31.7. The Balaban J connectivity index is 2.05. The van der Waals surface area contributed by atoms with Gasteiger partial charge in [-0.05, 0) is 47.9 Å². The number of unbranched alkanes of at least 4 members (excludes halogenated alkanes) is 1. The topological polar surface area (TPSA) is 86.8 Å². The maximum absolute atomic E-state index is 14.0. The summed E-state index contributed by atoms with van der Waals surface area (Å²) in [5.74, 6) is -0.908. The monoisotopic (exact) mass is 623 g/mol. The molecule has 0 bridgehead atoms. The van der Waals surface area contributed by atoms with Crippen molar-refractivity contribution in [2.24, 2.45) is 0 Å². The van der Waals surface area contributed by atoms with Crippen LogP contribution in [0.25, 0.3) is 0 Å². The molecule has 7 nitrogen and oxygen atoms in total. The van der Waals surface area contributed by atoms with Gasteiger partial charge in [0.15, 0.2) is 0 Å². The molecule has 0 heterocycles. The molecule has 3 rings (SSSR count). The first-order valence-corrected chi connectivity index (χ1v) is 15.8. The van der Waals surface area contributed by atoms with Gasteiger partial charge in [-0.2, -0.15) is 0 Å². The molecular formula is C29H32Cl3N3O4S. The minimum absolute atomic E-state index is 0.0512. The average molecular weight is 625 g/mol. The van der Waals surface area contributed by atoms with E-state index in [2.05, 4.69) is 5.32 Å². The summed E-state index contributed by atoms with van der Waals surface area (Å²) < 4.78 is 26.7. The van der Waals surface area contributed by atoms with Crippen LogP contribution in [0.3, 0.4) is 0 Å². The van der Waals surface area contributed by atoms with Gasteiger partial charge in [0.25, 0.3) is 0 Å². The van der Waals surface area contributed by atoms with Crippen LogP contribution in [0, 0.1) is 0 Å². The second-order valence-electron chi connectivity index (χ2n) is 9.36. The summed E-state index contributed by atoms with van der Waals surface area (Å²) in [6.45, 7) is 1.94. The molecule has 0 aliphatic heterocycles. The predicted molar refractivity (Wildman–Crippen MR) is 163 cm³/mol. The lowest BCUT2D eigenvalue weighted by Gasteiger charge is -2.33. The lowest BCUT2D eigenvalue weighted by molar-refractivity contribution is -0.140. The van der Waals surface area contributed by atoms with E-state index < -0.39 is 28.5 Å². The number of halogens is 3. The molecule has 1 N–H and O–H groups in total. The number of carbonyl (C=O) groups is 2. The standard InChI is InChI=1S/C29H32Cl3N3O4S/c1-3-4-16-33-29(37)27(17-21-8-6-5-7-9-21)34(19-22-10-12-23(30)13-11-22)28(36)20-35(40(2,38)39)26-18-24(31)14-15-25(26)32/h5-15,18,27H,3-4,16-17,19-20H2,1-2H3,(H,33,37). The third-order valence-electron chi connectivity index (χ3n) is 6.22. The van der Waals surface area contributed by atoms with Crippen molar-refractivity contribution in [1.82, 2.24) is 10.2 Å². The Labute approximate surface area is 251 Å². The molecule has 11 heteroatoms. The van der Waals surface area contributed by atoms with Crippen LogP contribution < -0.4 is 9.62 Å². The molecule has 3 aromatic carbocycles. The molecular weight excluding hydrogens is 593 g/mol. The second kappa shape index (κ2) is 14.7. The number of hydrogen-bond donors (Lipinski definition) is 1. The minimum atomic E-state index is -3.96. The number of anilines is 1. The van der Waals surface area contributed by atoms with Gasteiger partial charge in [-0.3, -0.25) is 13.9 Å². The van der Waals surface area contributed by atoms with Crippen molar-refractivity contribution in [1.29, 1.82) is 0 Å². The molecule has 0 aromatic heterocycles. The van der Waals surface area contributed by atoms with Crippen LogP contribution in [0.2, 0.25) is 15.1 Å². The zero-order valence-corrected chi connectivity index (χ0v) is 25.4. The lowest BCUT2D eigenvalue weighted by atomic mass is 10.0. The van der Waals surface area contributed by atoms with E-state index in [1.807, 2.05) is 37.3 Å². The number of sulfonamides is 1. The zero-order chi connectivity index (χ0) is 29.3. The molecule has 0 radical (unpaired) electrons. The van der Waals surface area contributed by atoms with Gasteiger partial charge in [0.1, 0.15) is 12.6 Å². The Hall–Kier alpha value is -2.78. The van der Waals surface area contributed by atoms with Crippen LogP contribution in [0.5, 0.6) is 0 Å². The summed E-state index contributed by atoms with van der Waals surface area (Å²) in [5.41, 5.74) is 1.65. The molecule has 0 saturated carbocycles. The fraction of sp³-hybridized carbons (Fsp3) is 0.310. The summed E-state index contributed by atoms with van der Waals surface area (Å²) in [6, 6.07) is 19.7. The molecule has 0 aliphatic carbocycles. The van der Waals surface area contributed by atoms with Crippen molar-refractivity contribution in [3.05, 3.63) is 99.0 Å². The maximum atomic E-state index is 14.0. The van der Waals surface area contributed by atoms with Gasteiger partial charge in [0.2, 0.25) is 21.8 Å². The Morgan fingerprint density at radius 1 is 0.900 bits per heavy atom. The summed E-state index contributed by atoms with van der Waals surface area (Å²) in [5, 5.41) is 3.84. The Morgan fingerprint density at radius 2 is 1.55 bits per heavy atom. The highest BCUT2D eigenvalue weighted by atomic mass is 35.5. The highest BCUT2D eigenvalue weighted by Gasteiger charge is 2.33. The molecule has 1 atom stereocenters. The van der Waals surface area contributed by atoms with E-state index in [1.54, 1.807) is 24.3 Å². The van der Waals surface area contributed by atoms with E-state index in [1.165, 1.54) is 23.1 Å². The third-order valence-corrected chi connectivity index (χ3v) is 8.16. The zero-order valence-electron chi connectivity index (χ0n) is 22.3. The van der Waals surface area contributed by atoms with E-state index in [9.17, 15) is 18.0 Å². The van der Waals surface area contributed by atoms with Crippen LogP contribution in [0.1, 0.15) is 30.9 Å². The van der Waals surface area contributed by atoms with E-state index in [0.29, 0.717) is 11.6 Å². The molecule has 0 aliphatic rings. The smallest absolute Gasteiger partial charge is 0.244 e. The molecule has 0 saturated heterocycles. The van der Waals surface area contributed by atoms with Crippen LogP contribution >= 0.6 is 34.8 Å². The predicted octanol–water partition coefficient (Wildman–Crippen LogP) is 5.97. The average Bonchev–Trinajstić information content (AvgIpc) is 2.91. The molecule has 1 unspecified atom stereocenters. The normalized spacial score (nSPS) is 12.0. The summed E-state index contributed by atoms with van der Waals surface area (Å²) >= 11 is 18.5. The highest BCUT2D eigenvalue weighted by Crippen LogP contribution is 2.31. The Bertz CT molecular complexity index is 1400. The summed E-state index contributed by atoms with van der Waals surface area (Å²) in [7, 11) is -3.96. The van der Waals surface area contributed by atoms with Crippen LogP contribution in [0.15, 0.2) is 72.8 Å². The van der Waals surface area contributed by atoms with E-state index in [-0.39, 0.29) is 34.6 Å². The van der Waals surface area contributed by atoms with Crippen molar-refractivity contribution in [3.8, 4) is 0 Å². The maximum Gasteiger partial charge on any atom is 0.244 e. The highest BCUT2D eigenvalue weighted by molar-refractivity contribution is 7.92. The molecule has 0 fully saturated rings. The molecule has 3 aromatic rings. The molecule has 40 heavy (non-hydrogen) atoms. The van der Waals surface area contributed by atoms with Crippen LogP contribution in [-0.4, -0.2) is 50.5 Å². The van der Waals surface area contributed by atoms with Crippen LogP contribution in [0.4, 0.5) is 5.69 Å². The van der Waals surface area contributed by atoms with E-state index >= 15 is 0 Å². The van der Waals surface area contributed by atoms with E-state index in [0.717, 1.165) is 34.5 Å². The SMILES string of the molecule is CCCCNC(=O)C(Cc1ccccc1)N(Cc1ccc(Cl)cc1)C(=O)CN(c1cc(Cl)ccc1Cl)S(C)(=O)=O. The van der Waals surface area contributed by atoms with Crippen molar-refractivity contribution in [2.45, 2.75) is 38.8 Å². The number of rotatable bonds is 13.